The first kappa shape index (κ1) is 9.88. The molecule has 0 amide bonds. The standard InChI is InChI=1S/C10H11ClN2/c1-8(13(2)7-12)9-4-3-5-10(11)6-9/h3-6,8H,1-2H3. The van der Waals surface area contributed by atoms with Gasteiger partial charge in [0.05, 0.1) is 6.04 Å². The molecule has 0 aliphatic heterocycles. The Morgan fingerprint density at radius 3 is 2.77 bits per heavy atom. The van der Waals surface area contributed by atoms with Crippen molar-refractivity contribution in [2.75, 3.05) is 7.05 Å². The molecule has 0 radical (unpaired) electrons. The van der Waals surface area contributed by atoms with Crippen LogP contribution in [-0.2, 0) is 0 Å². The van der Waals surface area contributed by atoms with Crippen LogP contribution in [0.5, 0.6) is 0 Å². The molecule has 13 heavy (non-hydrogen) atoms. The third kappa shape index (κ3) is 2.37. The first-order chi connectivity index (χ1) is 6.15. The van der Waals surface area contributed by atoms with Gasteiger partial charge in [-0.3, -0.25) is 0 Å². The van der Waals surface area contributed by atoms with Gasteiger partial charge in [0, 0.05) is 12.1 Å². The van der Waals surface area contributed by atoms with Gasteiger partial charge < -0.3 is 4.90 Å². The molecule has 68 valence electrons. The van der Waals surface area contributed by atoms with Crippen molar-refractivity contribution in [3.63, 3.8) is 0 Å². The maximum Gasteiger partial charge on any atom is 0.179 e. The van der Waals surface area contributed by atoms with E-state index >= 15 is 0 Å². The number of hydrogen-bond donors (Lipinski definition) is 0. The summed E-state index contributed by atoms with van der Waals surface area (Å²) in [6.45, 7) is 1.97. The number of nitriles is 1. The summed E-state index contributed by atoms with van der Waals surface area (Å²) in [4.78, 5) is 1.59. The van der Waals surface area contributed by atoms with E-state index in [0.717, 1.165) is 5.56 Å². The molecule has 0 fully saturated rings. The van der Waals surface area contributed by atoms with Gasteiger partial charge in [0.1, 0.15) is 0 Å². The van der Waals surface area contributed by atoms with E-state index in [2.05, 4.69) is 6.19 Å². The van der Waals surface area contributed by atoms with E-state index in [4.69, 9.17) is 16.9 Å². The van der Waals surface area contributed by atoms with Crippen LogP contribution in [0, 0.1) is 11.5 Å². The fourth-order valence-corrected chi connectivity index (χ4v) is 1.28. The summed E-state index contributed by atoms with van der Waals surface area (Å²) < 4.78 is 0. The van der Waals surface area contributed by atoms with E-state index in [0.29, 0.717) is 5.02 Å². The van der Waals surface area contributed by atoms with Gasteiger partial charge in [-0.15, -0.1) is 0 Å². The zero-order valence-electron chi connectivity index (χ0n) is 7.66. The molecule has 0 saturated carbocycles. The average molecular weight is 195 g/mol. The Morgan fingerprint density at radius 2 is 2.23 bits per heavy atom. The van der Waals surface area contributed by atoms with Crippen LogP contribution in [0.2, 0.25) is 5.02 Å². The normalized spacial score (nSPS) is 11.8. The van der Waals surface area contributed by atoms with E-state index < -0.39 is 0 Å². The Labute approximate surface area is 83.3 Å². The largest absolute Gasteiger partial charge is 0.307 e. The van der Waals surface area contributed by atoms with Crippen LogP contribution in [0.4, 0.5) is 0 Å². The molecule has 0 saturated heterocycles. The number of halogens is 1. The number of benzene rings is 1. The van der Waals surface area contributed by atoms with Crippen molar-refractivity contribution in [1.82, 2.24) is 4.90 Å². The summed E-state index contributed by atoms with van der Waals surface area (Å²) in [5, 5.41) is 9.38. The maximum absolute atomic E-state index is 8.68. The van der Waals surface area contributed by atoms with Crippen molar-refractivity contribution in [2.24, 2.45) is 0 Å². The lowest BCUT2D eigenvalue weighted by Crippen LogP contribution is -2.15. The molecule has 1 aromatic rings. The minimum Gasteiger partial charge on any atom is -0.307 e. The van der Waals surface area contributed by atoms with E-state index in [1.165, 1.54) is 0 Å². The van der Waals surface area contributed by atoms with Crippen molar-refractivity contribution in [1.29, 1.82) is 5.26 Å². The zero-order valence-corrected chi connectivity index (χ0v) is 8.42. The Balaban J connectivity index is 2.90. The topological polar surface area (TPSA) is 27.0 Å². The van der Waals surface area contributed by atoms with Gasteiger partial charge in [-0.25, -0.2) is 0 Å². The Hall–Kier alpha value is -1.20. The number of hydrogen-bond acceptors (Lipinski definition) is 2. The lowest BCUT2D eigenvalue weighted by Gasteiger charge is -2.18. The van der Waals surface area contributed by atoms with Crippen molar-refractivity contribution in [3.05, 3.63) is 34.9 Å². The summed E-state index contributed by atoms with van der Waals surface area (Å²) in [6.07, 6.45) is 2.07. The first-order valence-electron chi connectivity index (χ1n) is 4.03. The molecule has 1 atom stereocenters. The SMILES string of the molecule is CC(c1cccc(Cl)c1)N(C)C#N. The fourth-order valence-electron chi connectivity index (χ4n) is 1.08. The highest BCUT2D eigenvalue weighted by Gasteiger charge is 2.09. The summed E-state index contributed by atoms with van der Waals surface area (Å²) in [5.74, 6) is 0. The fraction of sp³-hybridized carbons (Fsp3) is 0.300. The van der Waals surface area contributed by atoms with Gasteiger partial charge in [-0.05, 0) is 24.6 Å². The average Bonchev–Trinajstić information content (AvgIpc) is 2.15. The second kappa shape index (κ2) is 4.15. The van der Waals surface area contributed by atoms with Crippen molar-refractivity contribution in [3.8, 4) is 6.19 Å². The highest BCUT2D eigenvalue weighted by atomic mass is 35.5. The molecular formula is C10H11ClN2. The van der Waals surface area contributed by atoms with E-state index in [1.807, 2.05) is 31.2 Å². The second-order valence-corrected chi connectivity index (χ2v) is 3.38. The predicted molar refractivity (Wildman–Crippen MR) is 53.2 cm³/mol. The van der Waals surface area contributed by atoms with Gasteiger partial charge >= 0.3 is 0 Å². The van der Waals surface area contributed by atoms with Gasteiger partial charge in [0.2, 0.25) is 0 Å². The molecule has 3 heteroatoms. The van der Waals surface area contributed by atoms with Crippen molar-refractivity contribution in [2.45, 2.75) is 13.0 Å². The number of nitrogens with zero attached hydrogens (tertiary/aromatic N) is 2. The molecule has 1 aromatic carbocycles. The van der Waals surface area contributed by atoms with Gasteiger partial charge in [0.25, 0.3) is 0 Å². The lowest BCUT2D eigenvalue weighted by molar-refractivity contribution is 0.377. The molecule has 0 spiro atoms. The molecule has 2 nitrogen and oxygen atoms in total. The molecule has 0 bridgehead atoms. The highest BCUT2D eigenvalue weighted by Crippen LogP contribution is 2.20. The van der Waals surface area contributed by atoms with Crippen molar-refractivity contribution >= 4 is 11.6 Å². The van der Waals surface area contributed by atoms with E-state index in [9.17, 15) is 0 Å². The van der Waals surface area contributed by atoms with Crippen LogP contribution < -0.4 is 0 Å². The van der Waals surface area contributed by atoms with Gasteiger partial charge in [-0.2, -0.15) is 5.26 Å². The van der Waals surface area contributed by atoms with Crippen LogP contribution >= 0.6 is 11.6 Å². The lowest BCUT2D eigenvalue weighted by atomic mass is 10.1. The highest BCUT2D eigenvalue weighted by molar-refractivity contribution is 6.30. The van der Waals surface area contributed by atoms with Crippen LogP contribution in [-0.4, -0.2) is 11.9 Å². The Bertz CT molecular complexity index is 330. The quantitative estimate of drug-likeness (QED) is 0.535. The molecule has 0 N–H and O–H groups in total. The Kier molecular flexibility index (Phi) is 3.16. The van der Waals surface area contributed by atoms with Crippen LogP contribution in [0.1, 0.15) is 18.5 Å². The molecule has 0 heterocycles. The molecule has 1 unspecified atom stereocenters. The van der Waals surface area contributed by atoms with Crippen LogP contribution in [0.3, 0.4) is 0 Å². The van der Waals surface area contributed by atoms with E-state index in [1.54, 1.807) is 11.9 Å². The third-order valence-corrected chi connectivity index (χ3v) is 2.30. The smallest absolute Gasteiger partial charge is 0.179 e. The zero-order chi connectivity index (χ0) is 9.84. The maximum atomic E-state index is 8.68. The van der Waals surface area contributed by atoms with E-state index in [-0.39, 0.29) is 6.04 Å². The van der Waals surface area contributed by atoms with Crippen LogP contribution in [0.25, 0.3) is 0 Å². The monoisotopic (exact) mass is 194 g/mol. The van der Waals surface area contributed by atoms with Crippen LogP contribution in [0.15, 0.2) is 24.3 Å². The molecule has 0 aliphatic rings. The summed E-state index contributed by atoms with van der Waals surface area (Å²) in [6, 6.07) is 7.62. The van der Waals surface area contributed by atoms with Gasteiger partial charge in [0.15, 0.2) is 6.19 Å². The molecule has 0 aromatic heterocycles. The molecular weight excluding hydrogens is 184 g/mol. The van der Waals surface area contributed by atoms with Gasteiger partial charge in [-0.1, -0.05) is 23.7 Å². The second-order valence-electron chi connectivity index (χ2n) is 2.94. The third-order valence-electron chi connectivity index (χ3n) is 2.07. The molecule has 1 rings (SSSR count). The summed E-state index contributed by atoms with van der Waals surface area (Å²) >= 11 is 5.84. The minimum absolute atomic E-state index is 0.0729. The Morgan fingerprint density at radius 1 is 1.54 bits per heavy atom. The van der Waals surface area contributed by atoms with Crippen molar-refractivity contribution < 1.29 is 0 Å². The first-order valence-corrected chi connectivity index (χ1v) is 4.41. The number of rotatable bonds is 2. The summed E-state index contributed by atoms with van der Waals surface area (Å²) in [5.41, 5.74) is 1.05. The summed E-state index contributed by atoms with van der Waals surface area (Å²) in [7, 11) is 1.76. The predicted octanol–water partition coefficient (Wildman–Crippen LogP) is 2.81. The molecule has 0 aliphatic carbocycles. The minimum atomic E-state index is 0.0729.